The molecule has 0 saturated carbocycles. The molecule has 0 bridgehead atoms. The average molecular weight is 346 g/mol. The topological polar surface area (TPSA) is 38.3 Å². The van der Waals surface area contributed by atoms with Crippen molar-refractivity contribution in [2.45, 2.75) is 32.6 Å². The Hall–Kier alpha value is -0.520. The van der Waals surface area contributed by atoms with Crippen LogP contribution in [0.5, 0.6) is 0 Å². The molecule has 0 saturated heterocycles. The maximum absolute atomic E-state index is 11.6. The van der Waals surface area contributed by atoms with Crippen LogP contribution < -0.4 is 5.48 Å². The lowest BCUT2D eigenvalue weighted by molar-refractivity contribution is -0.131. The van der Waals surface area contributed by atoms with Crippen LogP contribution in [0.25, 0.3) is 0 Å². The minimum atomic E-state index is -0.106. The molecule has 0 aliphatic rings. The fourth-order valence-electron chi connectivity index (χ4n) is 1.37. The highest BCUT2D eigenvalue weighted by Gasteiger charge is 2.07. The van der Waals surface area contributed by atoms with Gasteiger partial charge in [0.1, 0.15) is 0 Å². The standard InChI is InChI=1S/C14H20BrNO2S/c1-9(2)7-18-16-14(17)8-19-13-6-10(3)12(15)5-11(13)4/h5-6,9H,7-8H2,1-4H3,(H,16,17). The second kappa shape index (κ2) is 7.92. The monoisotopic (exact) mass is 345 g/mol. The zero-order valence-corrected chi connectivity index (χ0v) is 14.2. The third kappa shape index (κ3) is 5.97. The van der Waals surface area contributed by atoms with E-state index < -0.39 is 0 Å². The highest BCUT2D eigenvalue weighted by Crippen LogP contribution is 2.28. The molecular weight excluding hydrogens is 326 g/mol. The molecule has 3 nitrogen and oxygen atoms in total. The Kier molecular flexibility index (Phi) is 6.89. The van der Waals surface area contributed by atoms with Crippen LogP contribution in [0.3, 0.4) is 0 Å². The summed E-state index contributed by atoms with van der Waals surface area (Å²) in [5.41, 5.74) is 4.80. The van der Waals surface area contributed by atoms with Crippen molar-refractivity contribution in [3.8, 4) is 0 Å². The SMILES string of the molecule is Cc1cc(SCC(=O)NOCC(C)C)c(C)cc1Br. The van der Waals surface area contributed by atoms with E-state index in [1.165, 1.54) is 22.9 Å². The maximum Gasteiger partial charge on any atom is 0.253 e. The number of hydroxylamine groups is 1. The van der Waals surface area contributed by atoms with Crippen molar-refractivity contribution in [2.24, 2.45) is 5.92 Å². The Morgan fingerprint density at radius 3 is 2.68 bits per heavy atom. The third-order valence-electron chi connectivity index (χ3n) is 2.42. The number of carbonyl (C=O) groups excluding carboxylic acids is 1. The van der Waals surface area contributed by atoms with E-state index in [4.69, 9.17) is 4.84 Å². The number of hydrogen-bond acceptors (Lipinski definition) is 3. The van der Waals surface area contributed by atoms with Gasteiger partial charge in [-0.3, -0.25) is 9.63 Å². The van der Waals surface area contributed by atoms with E-state index in [2.05, 4.69) is 33.5 Å². The molecule has 0 aliphatic heterocycles. The summed E-state index contributed by atoms with van der Waals surface area (Å²) in [4.78, 5) is 17.8. The highest BCUT2D eigenvalue weighted by atomic mass is 79.9. The van der Waals surface area contributed by atoms with Gasteiger partial charge in [0, 0.05) is 9.37 Å². The van der Waals surface area contributed by atoms with Crippen LogP contribution in [0.15, 0.2) is 21.5 Å². The van der Waals surface area contributed by atoms with Gasteiger partial charge < -0.3 is 0 Å². The van der Waals surface area contributed by atoms with Gasteiger partial charge >= 0.3 is 0 Å². The summed E-state index contributed by atoms with van der Waals surface area (Å²) in [6, 6.07) is 4.16. The van der Waals surface area contributed by atoms with Crippen LogP contribution in [0.4, 0.5) is 0 Å². The first-order chi connectivity index (χ1) is 8.90. The zero-order chi connectivity index (χ0) is 14.4. The van der Waals surface area contributed by atoms with Crippen molar-refractivity contribution in [1.29, 1.82) is 0 Å². The molecule has 19 heavy (non-hydrogen) atoms. The van der Waals surface area contributed by atoms with Crippen LogP contribution in [-0.2, 0) is 9.63 Å². The van der Waals surface area contributed by atoms with Gasteiger partial charge in [0.15, 0.2) is 0 Å². The number of thioether (sulfide) groups is 1. The van der Waals surface area contributed by atoms with Crippen LogP contribution in [0.1, 0.15) is 25.0 Å². The van der Waals surface area contributed by atoms with E-state index >= 15 is 0 Å². The largest absolute Gasteiger partial charge is 0.273 e. The van der Waals surface area contributed by atoms with Crippen LogP contribution in [0.2, 0.25) is 0 Å². The smallest absolute Gasteiger partial charge is 0.253 e. The number of nitrogens with one attached hydrogen (secondary N) is 1. The molecule has 0 aliphatic carbocycles. The quantitative estimate of drug-likeness (QED) is 0.628. The Balaban J connectivity index is 2.44. The molecule has 1 rings (SSSR count). The maximum atomic E-state index is 11.6. The zero-order valence-electron chi connectivity index (χ0n) is 11.7. The molecular formula is C14H20BrNO2S. The van der Waals surface area contributed by atoms with Gasteiger partial charge in [0.2, 0.25) is 0 Å². The molecule has 0 spiro atoms. The van der Waals surface area contributed by atoms with Gasteiger partial charge in [0.25, 0.3) is 5.91 Å². The van der Waals surface area contributed by atoms with Crippen molar-refractivity contribution < 1.29 is 9.63 Å². The lowest BCUT2D eigenvalue weighted by Crippen LogP contribution is -2.27. The number of hydrogen-bond donors (Lipinski definition) is 1. The second-order valence-corrected chi connectivity index (χ2v) is 6.76. The lowest BCUT2D eigenvalue weighted by Gasteiger charge is -2.10. The van der Waals surface area contributed by atoms with Gasteiger partial charge in [-0.05, 0) is 43.0 Å². The van der Waals surface area contributed by atoms with Crippen LogP contribution in [-0.4, -0.2) is 18.3 Å². The summed E-state index contributed by atoms with van der Waals surface area (Å²) in [6.45, 7) is 8.69. The molecule has 0 aromatic heterocycles. The predicted octanol–water partition coefficient (Wildman–Crippen LogP) is 3.86. The van der Waals surface area contributed by atoms with E-state index in [9.17, 15) is 4.79 Å². The molecule has 0 atom stereocenters. The van der Waals surface area contributed by atoms with E-state index in [1.54, 1.807) is 0 Å². The molecule has 106 valence electrons. The van der Waals surface area contributed by atoms with Gasteiger partial charge in [-0.15, -0.1) is 11.8 Å². The van der Waals surface area contributed by atoms with Crippen molar-refractivity contribution in [2.75, 3.05) is 12.4 Å². The van der Waals surface area contributed by atoms with Crippen molar-refractivity contribution >= 4 is 33.6 Å². The Bertz CT molecular complexity index is 449. The predicted molar refractivity (Wildman–Crippen MR) is 83.3 cm³/mol. The van der Waals surface area contributed by atoms with E-state index in [-0.39, 0.29) is 5.91 Å². The minimum Gasteiger partial charge on any atom is -0.273 e. The van der Waals surface area contributed by atoms with Crippen LogP contribution >= 0.6 is 27.7 Å². The molecule has 0 radical (unpaired) electrons. The van der Waals surface area contributed by atoms with Crippen molar-refractivity contribution in [1.82, 2.24) is 5.48 Å². The Morgan fingerprint density at radius 2 is 2.05 bits per heavy atom. The van der Waals surface area contributed by atoms with Gasteiger partial charge in [0.05, 0.1) is 12.4 Å². The van der Waals surface area contributed by atoms with E-state index in [0.29, 0.717) is 18.3 Å². The summed E-state index contributed by atoms with van der Waals surface area (Å²) in [6.07, 6.45) is 0. The van der Waals surface area contributed by atoms with Gasteiger partial charge in [-0.1, -0.05) is 29.8 Å². The Labute approximate surface area is 127 Å². The molecule has 0 fully saturated rings. The van der Waals surface area contributed by atoms with Crippen molar-refractivity contribution in [3.63, 3.8) is 0 Å². The first-order valence-electron chi connectivity index (χ1n) is 6.20. The number of halogens is 1. The Morgan fingerprint density at radius 1 is 1.37 bits per heavy atom. The number of aryl methyl sites for hydroxylation is 2. The molecule has 0 heterocycles. The second-order valence-electron chi connectivity index (χ2n) is 4.89. The number of rotatable bonds is 6. The average Bonchev–Trinajstić information content (AvgIpc) is 2.31. The molecule has 5 heteroatoms. The fraction of sp³-hybridized carbons (Fsp3) is 0.500. The molecule has 1 aromatic carbocycles. The lowest BCUT2D eigenvalue weighted by atomic mass is 10.2. The molecule has 0 unspecified atom stereocenters. The number of amides is 1. The van der Waals surface area contributed by atoms with Crippen LogP contribution in [0, 0.1) is 19.8 Å². The number of carbonyl (C=O) groups is 1. The highest BCUT2D eigenvalue weighted by molar-refractivity contribution is 9.10. The van der Waals surface area contributed by atoms with Crippen molar-refractivity contribution in [3.05, 3.63) is 27.7 Å². The third-order valence-corrected chi connectivity index (χ3v) is 4.43. The molecule has 1 amide bonds. The molecule has 1 aromatic rings. The first kappa shape index (κ1) is 16.5. The van der Waals surface area contributed by atoms with E-state index in [1.807, 2.05) is 27.7 Å². The summed E-state index contributed by atoms with van der Waals surface area (Å²) in [5, 5.41) is 0. The van der Waals surface area contributed by atoms with E-state index in [0.717, 1.165) is 9.37 Å². The normalized spacial score (nSPS) is 10.8. The van der Waals surface area contributed by atoms with Gasteiger partial charge in [-0.2, -0.15) is 0 Å². The molecule has 1 N–H and O–H groups in total. The number of benzene rings is 1. The fourth-order valence-corrected chi connectivity index (χ4v) is 2.72. The first-order valence-corrected chi connectivity index (χ1v) is 7.98. The summed E-state index contributed by atoms with van der Waals surface area (Å²) < 4.78 is 1.10. The van der Waals surface area contributed by atoms with Gasteiger partial charge in [-0.25, -0.2) is 5.48 Å². The minimum absolute atomic E-state index is 0.106. The summed E-state index contributed by atoms with van der Waals surface area (Å²) in [7, 11) is 0. The summed E-state index contributed by atoms with van der Waals surface area (Å²) in [5.74, 6) is 0.662. The summed E-state index contributed by atoms with van der Waals surface area (Å²) >= 11 is 5.02.